The summed E-state index contributed by atoms with van der Waals surface area (Å²) in [4.78, 5) is 21.2. The van der Waals surface area contributed by atoms with Gasteiger partial charge in [-0.1, -0.05) is 0 Å². The van der Waals surface area contributed by atoms with Crippen LogP contribution in [-0.4, -0.2) is 30.8 Å². The largest absolute Gasteiger partial charge is 0.496 e. The predicted molar refractivity (Wildman–Crippen MR) is 56.0 cm³/mol. The average Bonchev–Trinajstić information content (AvgIpc) is 2.34. The SMILES string of the molecule is COc1ccc([N+](=O)[O-])cc1C(=O)OCC(F)(F)F. The third kappa shape index (κ3) is 4.12. The standard InChI is InChI=1S/C10H8F3NO5/c1-18-8-3-2-6(14(16)17)4-7(8)9(15)19-5-10(11,12)13/h2-4H,5H2,1H3. The van der Waals surface area contributed by atoms with Crippen molar-refractivity contribution in [2.45, 2.75) is 6.18 Å². The highest BCUT2D eigenvalue weighted by molar-refractivity contribution is 5.93. The number of halogens is 3. The summed E-state index contributed by atoms with van der Waals surface area (Å²) in [5.41, 5.74) is -0.902. The lowest BCUT2D eigenvalue weighted by Crippen LogP contribution is -2.20. The molecule has 0 aliphatic heterocycles. The van der Waals surface area contributed by atoms with Crippen LogP contribution in [-0.2, 0) is 4.74 Å². The second-order valence-electron chi connectivity index (χ2n) is 3.33. The fourth-order valence-electron chi connectivity index (χ4n) is 1.19. The van der Waals surface area contributed by atoms with E-state index in [4.69, 9.17) is 4.74 Å². The van der Waals surface area contributed by atoms with Crippen LogP contribution in [0.2, 0.25) is 0 Å². The van der Waals surface area contributed by atoms with Crippen LogP contribution in [0.3, 0.4) is 0 Å². The number of nitrogens with zero attached hydrogens (tertiary/aromatic N) is 1. The van der Waals surface area contributed by atoms with E-state index in [-0.39, 0.29) is 5.75 Å². The zero-order valence-corrected chi connectivity index (χ0v) is 9.56. The summed E-state index contributed by atoms with van der Waals surface area (Å²) in [6.07, 6.45) is -4.68. The van der Waals surface area contributed by atoms with Gasteiger partial charge in [0.25, 0.3) is 5.69 Å². The molecule has 0 aliphatic carbocycles. The van der Waals surface area contributed by atoms with Gasteiger partial charge in [0, 0.05) is 12.1 Å². The van der Waals surface area contributed by atoms with E-state index in [9.17, 15) is 28.1 Å². The van der Waals surface area contributed by atoms with Gasteiger partial charge in [-0.2, -0.15) is 13.2 Å². The number of hydrogen-bond donors (Lipinski definition) is 0. The molecule has 19 heavy (non-hydrogen) atoms. The number of methoxy groups -OCH3 is 1. The van der Waals surface area contributed by atoms with Crippen LogP contribution in [0.1, 0.15) is 10.4 Å². The Morgan fingerprint density at radius 3 is 2.53 bits per heavy atom. The molecule has 104 valence electrons. The van der Waals surface area contributed by atoms with Crippen molar-refractivity contribution in [3.8, 4) is 5.75 Å². The summed E-state index contributed by atoms with van der Waals surface area (Å²) in [6, 6.07) is 2.94. The van der Waals surface area contributed by atoms with E-state index in [1.54, 1.807) is 0 Å². The number of carbonyl (C=O) groups excluding carboxylic acids is 1. The molecule has 0 radical (unpaired) electrons. The Morgan fingerprint density at radius 2 is 2.05 bits per heavy atom. The van der Waals surface area contributed by atoms with Crippen LogP contribution >= 0.6 is 0 Å². The third-order valence-corrected chi connectivity index (χ3v) is 1.98. The summed E-state index contributed by atoms with van der Waals surface area (Å²) in [5, 5.41) is 10.5. The summed E-state index contributed by atoms with van der Waals surface area (Å²) >= 11 is 0. The van der Waals surface area contributed by atoms with E-state index in [0.717, 1.165) is 18.2 Å². The number of carbonyl (C=O) groups is 1. The van der Waals surface area contributed by atoms with E-state index in [1.807, 2.05) is 0 Å². The van der Waals surface area contributed by atoms with Gasteiger partial charge in [0.2, 0.25) is 0 Å². The maximum atomic E-state index is 11.9. The molecule has 0 saturated heterocycles. The molecule has 0 aromatic heterocycles. The first-order valence-corrected chi connectivity index (χ1v) is 4.81. The summed E-state index contributed by atoms with van der Waals surface area (Å²) in [7, 11) is 1.17. The quantitative estimate of drug-likeness (QED) is 0.480. The Bertz CT molecular complexity index is 500. The molecule has 0 unspecified atom stereocenters. The van der Waals surface area contributed by atoms with E-state index in [1.165, 1.54) is 7.11 Å². The summed E-state index contributed by atoms with van der Waals surface area (Å²) in [6.45, 7) is -1.78. The van der Waals surface area contributed by atoms with Gasteiger partial charge in [-0.3, -0.25) is 10.1 Å². The van der Waals surface area contributed by atoms with Crippen molar-refractivity contribution in [3.05, 3.63) is 33.9 Å². The van der Waals surface area contributed by atoms with Crippen LogP contribution in [0.4, 0.5) is 18.9 Å². The molecule has 0 atom stereocenters. The van der Waals surface area contributed by atoms with Gasteiger partial charge in [-0.15, -0.1) is 0 Å². The maximum Gasteiger partial charge on any atom is 0.422 e. The maximum absolute atomic E-state index is 11.9. The van der Waals surface area contributed by atoms with Crippen molar-refractivity contribution in [2.24, 2.45) is 0 Å². The van der Waals surface area contributed by atoms with Crippen LogP contribution in [0.25, 0.3) is 0 Å². The second kappa shape index (κ2) is 5.55. The molecule has 1 aromatic rings. The number of ether oxygens (including phenoxy) is 2. The van der Waals surface area contributed by atoms with Crippen molar-refractivity contribution in [1.29, 1.82) is 0 Å². The van der Waals surface area contributed by atoms with E-state index >= 15 is 0 Å². The average molecular weight is 279 g/mol. The molecule has 6 nitrogen and oxygen atoms in total. The first-order valence-electron chi connectivity index (χ1n) is 4.81. The molecule has 0 bridgehead atoms. The smallest absolute Gasteiger partial charge is 0.422 e. The monoisotopic (exact) mass is 279 g/mol. The number of benzene rings is 1. The van der Waals surface area contributed by atoms with Crippen molar-refractivity contribution in [2.75, 3.05) is 13.7 Å². The van der Waals surface area contributed by atoms with E-state index in [0.29, 0.717) is 0 Å². The highest BCUT2D eigenvalue weighted by Crippen LogP contribution is 2.25. The zero-order chi connectivity index (χ0) is 14.6. The van der Waals surface area contributed by atoms with Crippen LogP contribution < -0.4 is 4.74 Å². The summed E-state index contributed by atoms with van der Waals surface area (Å²) in [5.74, 6) is -1.46. The number of non-ortho nitro benzene ring substituents is 1. The zero-order valence-electron chi connectivity index (χ0n) is 9.56. The third-order valence-electron chi connectivity index (χ3n) is 1.98. The molecular formula is C10H8F3NO5. The Kier molecular flexibility index (Phi) is 4.30. The number of nitro benzene ring substituents is 1. The number of hydrogen-bond acceptors (Lipinski definition) is 5. The predicted octanol–water partition coefficient (Wildman–Crippen LogP) is 2.32. The van der Waals surface area contributed by atoms with Crippen LogP contribution in [0, 0.1) is 10.1 Å². The number of esters is 1. The van der Waals surface area contributed by atoms with Crippen LogP contribution in [0.5, 0.6) is 5.75 Å². The molecule has 9 heteroatoms. The van der Waals surface area contributed by atoms with E-state index < -0.39 is 34.9 Å². The highest BCUT2D eigenvalue weighted by atomic mass is 19.4. The molecule has 1 rings (SSSR count). The Labute approximate surface area is 104 Å². The lowest BCUT2D eigenvalue weighted by Gasteiger charge is -2.10. The highest BCUT2D eigenvalue weighted by Gasteiger charge is 2.30. The van der Waals surface area contributed by atoms with Crippen molar-refractivity contribution < 1.29 is 32.4 Å². The molecule has 0 amide bonds. The lowest BCUT2D eigenvalue weighted by atomic mass is 10.2. The minimum absolute atomic E-state index is 0.113. The Morgan fingerprint density at radius 1 is 1.42 bits per heavy atom. The number of nitro groups is 1. The normalized spacial score (nSPS) is 10.9. The van der Waals surface area contributed by atoms with Gasteiger partial charge in [-0.25, -0.2) is 4.79 Å². The minimum Gasteiger partial charge on any atom is -0.496 e. The van der Waals surface area contributed by atoms with Crippen molar-refractivity contribution in [3.63, 3.8) is 0 Å². The Balaban J connectivity index is 2.99. The number of alkyl halides is 3. The molecule has 0 heterocycles. The van der Waals surface area contributed by atoms with Gasteiger partial charge in [0.05, 0.1) is 12.0 Å². The molecule has 1 aromatic carbocycles. The Hall–Kier alpha value is -2.32. The van der Waals surface area contributed by atoms with Crippen molar-refractivity contribution in [1.82, 2.24) is 0 Å². The molecule has 0 aliphatic rings. The molecule has 0 N–H and O–H groups in total. The van der Waals surface area contributed by atoms with Gasteiger partial charge in [-0.05, 0) is 6.07 Å². The first-order chi connectivity index (χ1) is 8.74. The number of rotatable bonds is 4. The van der Waals surface area contributed by atoms with Crippen LogP contribution in [0.15, 0.2) is 18.2 Å². The van der Waals surface area contributed by atoms with Gasteiger partial charge < -0.3 is 9.47 Å². The molecule has 0 saturated carbocycles. The first kappa shape index (κ1) is 14.7. The van der Waals surface area contributed by atoms with Gasteiger partial charge >= 0.3 is 12.1 Å². The summed E-state index contributed by atoms with van der Waals surface area (Å²) < 4.78 is 44.4. The second-order valence-corrected chi connectivity index (χ2v) is 3.33. The lowest BCUT2D eigenvalue weighted by molar-refractivity contribution is -0.384. The molecular weight excluding hydrogens is 271 g/mol. The molecule has 0 fully saturated rings. The van der Waals surface area contributed by atoms with Gasteiger partial charge in [0.15, 0.2) is 6.61 Å². The molecule has 0 spiro atoms. The fourth-order valence-corrected chi connectivity index (χ4v) is 1.19. The fraction of sp³-hybridized carbons (Fsp3) is 0.300. The van der Waals surface area contributed by atoms with Crippen molar-refractivity contribution >= 4 is 11.7 Å². The topological polar surface area (TPSA) is 78.7 Å². The minimum atomic E-state index is -4.68. The van der Waals surface area contributed by atoms with E-state index in [2.05, 4.69) is 4.74 Å². The van der Waals surface area contributed by atoms with Gasteiger partial charge in [0.1, 0.15) is 11.3 Å².